The minimum atomic E-state index is -4.29. The Morgan fingerprint density at radius 2 is 1.95 bits per heavy atom. The summed E-state index contributed by atoms with van der Waals surface area (Å²) in [6, 6.07) is 5.45. The zero-order valence-corrected chi connectivity index (χ0v) is 11.1. The first-order valence-corrected chi connectivity index (χ1v) is 6.58. The van der Waals surface area contributed by atoms with E-state index < -0.39 is 11.7 Å². The normalized spacial score (nSPS) is 18.1. The van der Waals surface area contributed by atoms with Crippen LogP contribution in [-0.2, 0) is 12.7 Å². The summed E-state index contributed by atoms with van der Waals surface area (Å²) >= 11 is 0. The van der Waals surface area contributed by atoms with Crippen LogP contribution in [-0.4, -0.2) is 23.8 Å². The second kappa shape index (κ2) is 5.83. The van der Waals surface area contributed by atoms with Crippen molar-refractivity contribution in [2.45, 2.75) is 25.6 Å². The van der Waals surface area contributed by atoms with Crippen LogP contribution in [0.1, 0.15) is 24.0 Å². The minimum Gasteiger partial charge on any atom is -0.387 e. The van der Waals surface area contributed by atoms with E-state index in [1.807, 2.05) is 0 Å². The molecule has 0 amide bonds. The lowest BCUT2D eigenvalue weighted by atomic mass is 9.95. The van der Waals surface area contributed by atoms with Crippen molar-refractivity contribution >= 4 is 5.84 Å². The molecule has 0 unspecified atom stereocenters. The number of hydrogen-bond acceptors (Lipinski definition) is 2. The third kappa shape index (κ3) is 3.72. The first-order valence-electron chi connectivity index (χ1n) is 6.58. The van der Waals surface area contributed by atoms with Crippen molar-refractivity contribution in [3.8, 4) is 0 Å². The summed E-state index contributed by atoms with van der Waals surface area (Å²) in [7, 11) is 0. The molecule has 0 saturated carbocycles. The van der Waals surface area contributed by atoms with Gasteiger partial charge in [-0.15, -0.1) is 0 Å². The van der Waals surface area contributed by atoms with Gasteiger partial charge >= 0.3 is 6.18 Å². The first kappa shape index (κ1) is 14.8. The fourth-order valence-corrected chi connectivity index (χ4v) is 2.51. The number of nitrogens with one attached hydrogen (secondary N) is 1. The maximum absolute atomic E-state index is 12.6. The lowest BCUT2D eigenvalue weighted by Crippen LogP contribution is -2.37. The van der Waals surface area contributed by atoms with Crippen molar-refractivity contribution in [2.75, 3.05) is 13.1 Å². The number of amidine groups is 1. The fraction of sp³-hybridized carbons (Fsp3) is 0.500. The molecule has 1 heterocycles. The van der Waals surface area contributed by atoms with Gasteiger partial charge in [-0.3, -0.25) is 10.3 Å². The first-order chi connectivity index (χ1) is 9.36. The van der Waals surface area contributed by atoms with Crippen molar-refractivity contribution in [3.63, 3.8) is 0 Å². The minimum absolute atomic E-state index is 0.118. The Kier molecular flexibility index (Phi) is 4.32. The number of alkyl halides is 3. The van der Waals surface area contributed by atoms with Crippen molar-refractivity contribution in [1.82, 2.24) is 4.90 Å². The van der Waals surface area contributed by atoms with E-state index in [-0.39, 0.29) is 11.8 Å². The molecule has 20 heavy (non-hydrogen) atoms. The molecule has 3 nitrogen and oxygen atoms in total. The molecule has 1 saturated heterocycles. The van der Waals surface area contributed by atoms with E-state index in [2.05, 4.69) is 4.90 Å². The van der Waals surface area contributed by atoms with Gasteiger partial charge in [-0.25, -0.2) is 0 Å². The van der Waals surface area contributed by atoms with Crippen molar-refractivity contribution in [1.29, 1.82) is 5.41 Å². The molecule has 0 aromatic heterocycles. The van der Waals surface area contributed by atoms with Gasteiger partial charge in [-0.1, -0.05) is 18.2 Å². The highest BCUT2D eigenvalue weighted by atomic mass is 19.4. The summed E-state index contributed by atoms with van der Waals surface area (Å²) < 4.78 is 37.9. The zero-order valence-electron chi connectivity index (χ0n) is 11.1. The van der Waals surface area contributed by atoms with Gasteiger partial charge in [0.05, 0.1) is 11.4 Å². The molecular weight excluding hydrogens is 267 g/mol. The van der Waals surface area contributed by atoms with E-state index in [1.165, 1.54) is 12.1 Å². The van der Waals surface area contributed by atoms with Gasteiger partial charge in [0.1, 0.15) is 0 Å². The zero-order chi connectivity index (χ0) is 14.8. The highest BCUT2D eigenvalue weighted by Gasteiger charge is 2.30. The van der Waals surface area contributed by atoms with Crippen LogP contribution >= 0.6 is 0 Å². The molecule has 0 bridgehead atoms. The monoisotopic (exact) mass is 285 g/mol. The quantitative estimate of drug-likeness (QED) is 0.663. The Morgan fingerprint density at radius 3 is 2.50 bits per heavy atom. The number of nitrogens with zero attached hydrogens (tertiary/aromatic N) is 1. The molecule has 1 aromatic rings. The predicted molar refractivity (Wildman–Crippen MR) is 71.4 cm³/mol. The van der Waals surface area contributed by atoms with Crippen molar-refractivity contribution < 1.29 is 13.2 Å². The van der Waals surface area contributed by atoms with Crippen LogP contribution < -0.4 is 5.73 Å². The van der Waals surface area contributed by atoms with Gasteiger partial charge in [0.15, 0.2) is 0 Å². The molecule has 0 atom stereocenters. The summed E-state index contributed by atoms with van der Waals surface area (Å²) in [5, 5.41) is 7.41. The van der Waals surface area contributed by atoms with Crippen LogP contribution in [0.5, 0.6) is 0 Å². The van der Waals surface area contributed by atoms with E-state index in [9.17, 15) is 13.2 Å². The topological polar surface area (TPSA) is 53.1 Å². The molecule has 0 spiro atoms. The number of likely N-dealkylation sites (tertiary alicyclic amines) is 1. The molecule has 0 radical (unpaired) electrons. The van der Waals surface area contributed by atoms with Crippen LogP contribution in [0.2, 0.25) is 0 Å². The second-order valence-electron chi connectivity index (χ2n) is 5.20. The van der Waals surface area contributed by atoms with Crippen LogP contribution in [0.15, 0.2) is 24.3 Å². The average Bonchev–Trinajstić information content (AvgIpc) is 2.38. The number of halogens is 3. The van der Waals surface area contributed by atoms with E-state index in [0.29, 0.717) is 12.1 Å². The van der Waals surface area contributed by atoms with Gasteiger partial charge in [-0.05, 0) is 37.6 Å². The van der Waals surface area contributed by atoms with Gasteiger partial charge in [0.25, 0.3) is 0 Å². The maximum Gasteiger partial charge on any atom is 0.416 e. The van der Waals surface area contributed by atoms with Gasteiger partial charge in [0, 0.05) is 12.5 Å². The molecule has 3 N–H and O–H groups in total. The summed E-state index contributed by atoms with van der Waals surface area (Å²) in [6.45, 7) is 2.04. The Labute approximate surface area is 116 Å². The summed E-state index contributed by atoms with van der Waals surface area (Å²) in [5.74, 6) is 0.330. The Hall–Kier alpha value is -1.56. The van der Waals surface area contributed by atoms with Crippen LogP contribution in [0.25, 0.3) is 0 Å². The Balaban J connectivity index is 1.96. The molecular formula is C14H18F3N3. The van der Waals surface area contributed by atoms with Crippen LogP contribution in [0.4, 0.5) is 13.2 Å². The predicted octanol–water partition coefficient (Wildman–Crippen LogP) is 2.85. The van der Waals surface area contributed by atoms with E-state index >= 15 is 0 Å². The average molecular weight is 285 g/mol. The maximum atomic E-state index is 12.6. The smallest absolute Gasteiger partial charge is 0.387 e. The molecule has 2 rings (SSSR count). The summed E-state index contributed by atoms with van der Waals surface area (Å²) in [4.78, 5) is 2.11. The third-order valence-electron chi connectivity index (χ3n) is 3.69. The largest absolute Gasteiger partial charge is 0.416 e. The molecule has 1 aliphatic rings. The number of hydrogen-bond donors (Lipinski definition) is 2. The van der Waals surface area contributed by atoms with Crippen molar-refractivity contribution in [3.05, 3.63) is 35.4 Å². The molecule has 6 heteroatoms. The number of piperidine rings is 1. The number of nitrogens with two attached hydrogens (primary N) is 1. The molecule has 0 aliphatic carbocycles. The number of rotatable bonds is 3. The fourth-order valence-electron chi connectivity index (χ4n) is 2.51. The van der Waals surface area contributed by atoms with Crippen molar-refractivity contribution in [2.24, 2.45) is 11.7 Å². The number of benzene rings is 1. The van der Waals surface area contributed by atoms with Gasteiger partial charge < -0.3 is 5.73 Å². The molecule has 1 aromatic carbocycles. The molecule has 110 valence electrons. The Morgan fingerprint density at radius 1 is 1.30 bits per heavy atom. The summed E-state index contributed by atoms with van der Waals surface area (Å²) in [5.41, 5.74) is 5.54. The summed E-state index contributed by atoms with van der Waals surface area (Å²) in [6.07, 6.45) is -2.69. The lowest BCUT2D eigenvalue weighted by Gasteiger charge is -2.31. The van der Waals surface area contributed by atoms with E-state index in [1.54, 1.807) is 6.07 Å². The molecule has 1 aliphatic heterocycles. The SMILES string of the molecule is N=C(N)C1CCN(Cc2cccc(C(F)(F)F)c2)CC1. The highest BCUT2D eigenvalue weighted by Crippen LogP contribution is 2.30. The van der Waals surface area contributed by atoms with Crippen LogP contribution in [0.3, 0.4) is 0 Å². The standard InChI is InChI=1S/C14H18F3N3/c15-14(16,17)12-3-1-2-10(8-12)9-20-6-4-11(5-7-20)13(18)19/h1-3,8,11H,4-7,9H2,(H3,18,19). The third-order valence-corrected chi connectivity index (χ3v) is 3.69. The van der Waals surface area contributed by atoms with Gasteiger partial charge in [0.2, 0.25) is 0 Å². The highest BCUT2D eigenvalue weighted by molar-refractivity contribution is 5.79. The lowest BCUT2D eigenvalue weighted by molar-refractivity contribution is -0.137. The van der Waals surface area contributed by atoms with E-state index in [4.69, 9.17) is 11.1 Å². The van der Waals surface area contributed by atoms with Crippen LogP contribution in [0, 0.1) is 11.3 Å². The molecule has 1 fully saturated rings. The second-order valence-corrected chi connectivity index (χ2v) is 5.20. The Bertz CT molecular complexity index is 477. The van der Waals surface area contributed by atoms with E-state index in [0.717, 1.165) is 32.0 Å². The van der Waals surface area contributed by atoms with Gasteiger partial charge in [-0.2, -0.15) is 13.2 Å².